The highest BCUT2D eigenvalue weighted by Gasteiger charge is 2.17. The average molecular weight is 316 g/mol. The Balaban J connectivity index is 2.43. The van der Waals surface area contributed by atoms with Crippen molar-refractivity contribution in [1.29, 1.82) is 0 Å². The highest BCUT2D eigenvalue weighted by atomic mass is 79.9. The predicted molar refractivity (Wildman–Crippen MR) is 75.6 cm³/mol. The minimum absolute atomic E-state index is 0.0690. The van der Waals surface area contributed by atoms with Crippen LogP contribution in [0.3, 0.4) is 0 Å². The van der Waals surface area contributed by atoms with E-state index < -0.39 is 0 Å². The van der Waals surface area contributed by atoms with Crippen LogP contribution in [0, 0.1) is 13.8 Å². The van der Waals surface area contributed by atoms with Gasteiger partial charge in [-0.05, 0) is 37.1 Å². The molecule has 2 aromatic rings. The van der Waals surface area contributed by atoms with E-state index in [2.05, 4.69) is 41.9 Å². The van der Waals surface area contributed by atoms with Crippen molar-refractivity contribution in [3.05, 3.63) is 55.7 Å². The van der Waals surface area contributed by atoms with Crippen molar-refractivity contribution in [1.82, 2.24) is 0 Å². The van der Waals surface area contributed by atoms with E-state index in [0.717, 1.165) is 10.0 Å². The van der Waals surface area contributed by atoms with E-state index in [1.807, 2.05) is 18.2 Å². The van der Waals surface area contributed by atoms with Crippen LogP contribution in [0.1, 0.15) is 26.3 Å². The van der Waals surface area contributed by atoms with Gasteiger partial charge >= 0.3 is 0 Å². The van der Waals surface area contributed by atoms with Gasteiger partial charge < -0.3 is 0 Å². The summed E-state index contributed by atoms with van der Waals surface area (Å²) in [6, 6.07) is 10.3. The van der Waals surface area contributed by atoms with Gasteiger partial charge in [0.15, 0.2) is 0 Å². The maximum Gasteiger partial charge on any atom is 0.0857 e. The molecule has 0 saturated heterocycles. The molecule has 0 spiro atoms. The first-order valence-electron chi connectivity index (χ1n) is 5.05. The summed E-state index contributed by atoms with van der Waals surface area (Å²) < 4.78 is 1.07. The maximum absolute atomic E-state index is 6.53. The van der Waals surface area contributed by atoms with Crippen molar-refractivity contribution >= 4 is 38.9 Å². The minimum Gasteiger partial charge on any atom is -0.146 e. The number of rotatable bonds is 2. The third-order valence-corrected chi connectivity index (χ3v) is 4.70. The second kappa shape index (κ2) is 4.91. The van der Waals surface area contributed by atoms with Crippen LogP contribution in [-0.2, 0) is 0 Å². The van der Waals surface area contributed by atoms with E-state index in [9.17, 15) is 0 Å². The largest absolute Gasteiger partial charge is 0.146 e. The lowest BCUT2D eigenvalue weighted by atomic mass is 10.1. The lowest BCUT2D eigenvalue weighted by molar-refractivity contribution is 1.12. The van der Waals surface area contributed by atoms with Gasteiger partial charge in [-0.3, -0.25) is 0 Å². The Morgan fingerprint density at radius 2 is 1.88 bits per heavy atom. The van der Waals surface area contributed by atoms with Crippen molar-refractivity contribution in [2.45, 2.75) is 19.2 Å². The molecule has 1 aromatic carbocycles. The number of thiophene rings is 1. The standard InChI is InChI=1S/C13H12BrClS/c1-8-7-11(9(2)16-8)13(15)10-5-3-4-6-12(10)14/h3-7,13H,1-2H3. The molecule has 84 valence electrons. The first-order valence-corrected chi connectivity index (χ1v) is 7.09. The smallest absolute Gasteiger partial charge is 0.0857 e. The topological polar surface area (TPSA) is 0 Å². The van der Waals surface area contributed by atoms with Gasteiger partial charge in [0.2, 0.25) is 0 Å². The number of hydrogen-bond donors (Lipinski definition) is 0. The Morgan fingerprint density at radius 1 is 1.19 bits per heavy atom. The third kappa shape index (κ3) is 2.34. The Bertz CT molecular complexity index is 504. The molecule has 1 heterocycles. The van der Waals surface area contributed by atoms with Crippen LogP contribution in [0.25, 0.3) is 0 Å². The lowest BCUT2D eigenvalue weighted by Crippen LogP contribution is -1.94. The molecule has 3 heteroatoms. The molecule has 0 amide bonds. The number of halogens is 2. The molecule has 0 saturated carbocycles. The van der Waals surface area contributed by atoms with Crippen LogP contribution in [0.4, 0.5) is 0 Å². The van der Waals surface area contributed by atoms with Gasteiger partial charge in [-0.25, -0.2) is 0 Å². The van der Waals surface area contributed by atoms with Crippen molar-refractivity contribution in [2.75, 3.05) is 0 Å². The Labute approximate surface area is 113 Å². The summed E-state index contributed by atoms with van der Waals surface area (Å²) in [5.41, 5.74) is 2.35. The average Bonchev–Trinajstić information content (AvgIpc) is 2.58. The zero-order valence-electron chi connectivity index (χ0n) is 9.13. The molecule has 0 N–H and O–H groups in total. The van der Waals surface area contributed by atoms with Crippen LogP contribution in [-0.4, -0.2) is 0 Å². The van der Waals surface area contributed by atoms with Gasteiger partial charge in [0, 0.05) is 14.2 Å². The first kappa shape index (κ1) is 12.2. The van der Waals surface area contributed by atoms with E-state index in [1.165, 1.54) is 15.3 Å². The highest BCUT2D eigenvalue weighted by Crippen LogP contribution is 2.37. The number of benzene rings is 1. The number of aryl methyl sites for hydroxylation is 2. The monoisotopic (exact) mass is 314 g/mol. The molecule has 0 aliphatic rings. The van der Waals surface area contributed by atoms with Crippen molar-refractivity contribution in [2.24, 2.45) is 0 Å². The van der Waals surface area contributed by atoms with Gasteiger partial charge in [0.05, 0.1) is 5.38 Å². The second-order valence-corrected chi connectivity index (χ2v) is 6.50. The van der Waals surface area contributed by atoms with Gasteiger partial charge in [0.1, 0.15) is 0 Å². The van der Waals surface area contributed by atoms with E-state index in [0.29, 0.717) is 0 Å². The van der Waals surface area contributed by atoms with Crippen molar-refractivity contribution in [3.8, 4) is 0 Å². The molecule has 0 aliphatic carbocycles. The summed E-state index contributed by atoms with van der Waals surface area (Å²) in [5.74, 6) is 0. The molecule has 0 bridgehead atoms. The molecule has 1 unspecified atom stereocenters. The normalized spacial score (nSPS) is 12.8. The molecule has 2 rings (SSSR count). The zero-order valence-corrected chi connectivity index (χ0v) is 12.3. The second-order valence-electron chi connectivity index (χ2n) is 3.75. The molecular formula is C13H12BrClS. The molecule has 0 radical (unpaired) electrons. The summed E-state index contributed by atoms with van der Waals surface area (Å²) in [5, 5.41) is -0.0690. The van der Waals surface area contributed by atoms with Crippen LogP contribution < -0.4 is 0 Å². The van der Waals surface area contributed by atoms with E-state index >= 15 is 0 Å². The number of alkyl halides is 1. The molecule has 0 nitrogen and oxygen atoms in total. The summed E-state index contributed by atoms with van der Waals surface area (Å²) in [7, 11) is 0. The van der Waals surface area contributed by atoms with Crippen LogP contribution in [0.2, 0.25) is 0 Å². The minimum atomic E-state index is -0.0690. The summed E-state index contributed by atoms with van der Waals surface area (Å²) in [6.07, 6.45) is 0. The fraction of sp³-hybridized carbons (Fsp3) is 0.231. The zero-order chi connectivity index (χ0) is 11.7. The first-order chi connectivity index (χ1) is 7.59. The van der Waals surface area contributed by atoms with Crippen LogP contribution in [0.15, 0.2) is 34.8 Å². The van der Waals surface area contributed by atoms with E-state index in [-0.39, 0.29) is 5.38 Å². The Morgan fingerprint density at radius 3 is 2.44 bits per heavy atom. The molecule has 1 aromatic heterocycles. The van der Waals surface area contributed by atoms with Crippen molar-refractivity contribution in [3.63, 3.8) is 0 Å². The van der Waals surface area contributed by atoms with Gasteiger partial charge in [-0.1, -0.05) is 34.1 Å². The van der Waals surface area contributed by atoms with Gasteiger partial charge in [-0.2, -0.15) is 0 Å². The van der Waals surface area contributed by atoms with Crippen LogP contribution >= 0.6 is 38.9 Å². The predicted octanol–water partition coefficient (Wildman–Crippen LogP) is 5.46. The van der Waals surface area contributed by atoms with E-state index in [1.54, 1.807) is 11.3 Å². The maximum atomic E-state index is 6.53. The highest BCUT2D eigenvalue weighted by molar-refractivity contribution is 9.10. The van der Waals surface area contributed by atoms with Gasteiger partial charge in [0.25, 0.3) is 0 Å². The fourth-order valence-electron chi connectivity index (χ4n) is 1.75. The molecular weight excluding hydrogens is 304 g/mol. The lowest BCUT2D eigenvalue weighted by Gasteiger charge is -2.11. The molecule has 0 fully saturated rings. The Kier molecular flexibility index (Phi) is 3.73. The fourth-order valence-corrected chi connectivity index (χ4v) is 3.84. The molecule has 0 aliphatic heterocycles. The molecule has 1 atom stereocenters. The summed E-state index contributed by atoms with van der Waals surface area (Å²) in [6.45, 7) is 4.24. The van der Waals surface area contributed by atoms with Crippen molar-refractivity contribution < 1.29 is 0 Å². The number of hydrogen-bond acceptors (Lipinski definition) is 1. The summed E-state index contributed by atoms with van der Waals surface area (Å²) >= 11 is 11.9. The van der Waals surface area contributed by atoms with Crippen LogP contribution in [0.5, 0.6) is 0 Å². The quantitative estimate of drug-likeness (QED) is 0.646. The summed E-state index contributed by atoms with van der Waals surface area (Å²) in [4.78, 5) is 2.61. The molecule has 16 heavy (non-hydrogen) atoms. The third-order valence-electron chi connectivity index (χ3n) is 2.53. The SMILES string of the molecule is Cc1cc(C(Cl)c2ccccc2Br)c(C)s1. The Hall–Kier alpha value is -0.310. The van der Waals surface area contributed by atoms with E-state index in [4.69, 9.17) is 11.6 Å². The van der Waals surface area contributed by atoms with Gasteiger partial charge in [-0.15, -0.1) is 22.9 Å².